The lowest BCUT2D eigenvalue weighted by Crippen LogP contribution is -2.40. The average molecular weight is 418 g/mol. The summed E-state index contributed by atoms with van der Waals surface area (Å²) in [5, 5.41) is 5.65. The summed E-state index contributed by atoms with van der Waals surface area (Å²) in [5.74, 6) is -0.0233. The Morgan fingerprint density at radius 2 is 1.80 bits per heavy atom. The highest BCUT2D eigenvalue weighted by molar-refractivity contribution is 5.91. The molecule has 1 aromatic heterocycles. The molecule has 3 amide bonds. The Morgan fingerprint density at radius 1 is 1.07 bits per heavy atom. The number of carbonyl (C=O) groups excluding carboxylic acids is 2. The third kappa shape index (κ3) is 8.22. The zero-order valence-electron chi connectivity index (χ0n) is 17.6. The predicted octanol–water partition coefficient (Wildman–Crippen LogP) is 2.19. The van der Waals surface area contributed by atoms with E-state index in [1.165, 1.54) is 6.26 Å². The van der Waals surface area contributed by atoms with Gasteiger partial charge in [-0.1, -0.05) is 30.3 Å². The van der Waals surface area contributed by atoms with Gasteiger partial charge in [0.2, 0.25) is 5.89 Å². The van der Waals surface area contributed by atoms with E-state index in [1.54, 1.807) is 19.1 Å². The molecule has 1 aromatic carbocycles. The van der Waals surface area contributed by atoms with Gasteiger partial charge < -0.3 is 29.4 Å². The van der Waals surface area contributed by atoms with E-state index in [0.29, 0.717) is 51.6 Å². The molecule has 0 fully saturated rings. The number of carbonyl (C=O) groups is 2. The first-order valence-electron chi connectivity index (χ1n) is 9.91. The minimum absolute atomic E-state index is 0.154. The first-order chi connectivity index (χ1) is 14.6. The molecule has 9 nitrogen and oxygen atoms in total. The molecule has 0 aliphatic rings. The Morgan fingerprint density at radius 3 is 2.53 bits per heavy atom. The number of benzene rings is 1. The lowest BCUT2D eigenvalue weighted by molar-refractivity contribution is 0.0943. The topological polar surface area (TPSA) is 106 Å². The second-order valence-electron chi connectivity index (χ2n) is 6.64. The minimum atomic E-state index is -0.319. The van der Waals surface area contributed by atoms with Crippen LogP contribution >= 0.6 is 0 Å². The minimum Gasteiger partial charge on any atom is -0.446 e. The van der Waals surface area contributed by atoms with Crippen molar-refractivity contribution >= 4 is 11.9 Å². The molecular formula is C21H30N4O5. The number of urea groups is 1. The van der Waals surface area contributed by atoms with Gasteiger partial charge in [0.25, 0.3) is 5.91 Å². The van der Waals surface area contributed by atoms with Gasteiger partial charge in [0.15, 0.2) is 5.69 Å². The van der Waals surface area contributed by atoms with Crippen molar-refractivity contribution in [2.45, 2.75) is 25.9 Å². The van der Waals surface area contributed by atoms with Crippen LogP contribution in [-0.4, -0.2) is 62.3 Å². The fourth-order valence-electron chi connectivity index (χ4n) is 2.70. The van der Waals surface area contributed by atoms with E-state index >= 15 is 0 Å². The highest BCUT2D eigenvalue weighted by atomic mass is 16.5. The van der Waals surface area contributed by atoms with Crippen LogP contribution in [0.1, 0.15) is 34.8 Å². The molecule has 2 rings (SSSR count). The van der Waals surface area contributed by atoms with Gasteiger partial charge in [-0.25, -0.2) is 9.78 Å². The summed E-state index contributed by atoms with van der Waals surface area (Å²) in [6.07, 6.45) is 2.68. The van der Waals surface area contributed by atoms with Crippen LogP contribution in [0.3, 0.4) is 0 Å². The molecule has 0 atom stereocenters. The van der Waals surface area contributed by atoms with Crippen LogP contribution in [0.15, 0.2) is 41.0 Å². The highest BCUT2D eigenvalue weighted by Crippen LogP contribution is 2.08. The Hall–Kier alpha value is -2.91. The molecule has 2 N–H and O–H groups in total. The number of nitrogens with zero attached hydrogens (tertiary/aromatic N) is 2. The van der Waals surface area contributed by atoms with Gasteiger partial charge in [-0.05, 0) is 18.4 Å². The number of hydrogen-bond acceptors (Lipinski definition) is 6. The summed E-state index contributed by atoms with van der Waals surface area (Å²) in [7, 11) is 3.23. The van der Waals surface area contributed by atoms with Crippen molar-refractivity contribution in [1.82, 2.24) is 20.5 Å². The summed E-state index contributed by atoms with van der Waals surface area (Å²) in [4.78, 5) is 30.6. The monoisotopic (exact) mass is 418 g/mol. The van der Waals surface area contributed by atoms with E-state index < -0.39 is 0 Å². The van der Waals surface area contributed by atoms with Gasteiger partial charge in [-0.15, -0.1) is 0 Å². The van der Waals surface area contributed by atoms with Crippen molar-refractivity contribution in [3.8, 4) is 0 Å². The Bertz CT molecular complexity index is 766. The molecule has 0 aliphatic heterocycles. The van der Waals surface area contributed by atoms with Crippen LogP contribution in [-0.2, 0) is 22.6 Å². The molecule has 0 unspecified atom stereocenters. The zero-order chi connectivity index (χ0) is 21.6. The predicted molar refractivity (Wildman–Crippen MR) is 111 cm³/mol. The summed E-state index contributed by atoms with van der Waals surface area (Å²) in [6, 6.07) is 9.43. The standard InChI is InChI=1S/C21H30N4O5/c1-28-12-6-10-22-20(26)18-16-30-19(24-18)15-25(11-7-13-29-2)21(27)23-14-17-8-4-3-5-9-17/h3-5,8-9,16H,6-7,10-15H2,1-2H3,(H,22,26)(H,23,27). The molecule has 30 heavy (non-hydrogen) atoms. The number of nitrogens with one attached hydrogen (secondary N) is 2. The van der Waals surface area contributed by atoms with Gasteiger partial charge in [-0.3, -0.25) is 4.79 Å². The first-order valence-corrected chi connectivity index (χ1v) is 9.91. The zero-order valence-corrected chi connectivity index (χ0v) is 17.6. The number of hydrogen-bond donors (Lipinski definition) is 2. The highest BCUT2D eigenvalue weighted by Gasteiger charge is 2.18. The van der Waals surface area contributed by atoms with Crippen LogP contribution in [0, 0.1) is 0 Å². The Labute approximate surface area is 176 Å². The summed E-state index contributed by atoms with van der Waals surface area (Å²) in [5.41, 5.74) is 1.19. The number of aromatic nitrogens is 1. The van der Waals surface area contributed by atoms with Crippen LogP contribution in [0.4, 0.5) is 4.79 Å². The van der Waals surface area contributed by atoms with Crippen LogP contribution in [0.5, 0.6) is 0 Å². The second-order valence-corrected chi connectivity index (χ2v) is 6.64. The van der Waals surface area contributed by atoms with Gasteiger partial charge in [-0.2, -0.15) is 0 Å². The van der Waals surface area contributed by atoms with Gasteiger partial charge in [0, 0.05) is 47.1 Å². The van der Waals surface area contributed by atoms with Crippen molar-refractivity contribution in [3.05, 3.63) is 53.7 Å². The molecule has 2 aromatic rings. The average Bonchev–Trinajstić information content (AvgIpc) is 3.24. The molecule has 0 radical (unpaired) electrons. The van der Waals surface area contributed by atoms with E-state index in [4.69, 9.17) is 13.9 Å². The molecule has 0 spiro atoms. The van der Waals surface area contributed by atoms with E-state index in [-0.39, 0.29) is 24.2 Å². The van der Waals surface area contributed by atoms with Gasteiger partial charge >= 0.3 is 6.03 Å². The smallest absolute Gasteiger partial charge is 0.318 e. The second kappa shape index (κ2) is 13.3. The van der Waals surface area contributed by atoms with Crippen molar-refractivity contribution in [1.29, 1.82) is 0 Å². The largest absolute Gasteiger partial charge is 0.446 e. The number of methoxy groups -OCH3 is 2. The van der Waals surface area contributed by atoms with E-state index in [9.17, 15) is 9.59 Å². The number of ether oxygens (including phenoxy) is 2. The SMILES string of the molecule is COCCCNC(=O)c1coc(CN(CCCOC)C(=O)NCc2ccccc2)n1. The van der Waals surface area contributed by atoms with Crippen molar-refractivity contribution < 1.29 is 23.5 Å². The molecule has 0 aliphatic carbocycles. The van der Waals surface area contributed by atoms with Crippen molar-refractivity contribution in [2.24, 2.45) is 0 Å². The molecular weight excluding hydrogens is 388 g/mol. The first kappa shape index (κ1) is 23.4. The summed E-state index contributed by atoms with van der Waals surface area (Å²) in [6.45, 7) is 2.62. The lowest BCUT2D eigenvalue weighted by Gasteiger charge is -2.21. The fraction of sp³-hybridized carbons (Fsp3) is 0.476. The molecule has 9 heteroatoms. The summed E-state index contributed by atoms with van der Waals surface area (Å²) >= 11 is 0. The third-order valence-corrected chi connectivity index (χ3v) is 4.27. The fourth-order valence-corrected chi connectivity index (χ4v) is 2.70. The molecule has 0 bridgehead atoms. The number of rotatable bonds is 13. The van der Waals surface area contributed by atoms with E-state index in [0.717, 1.165) is 5.56 Å². The quantitative estimate of drug-likeness (QED) is 0.483. The van der Waals surface area contributed by atoms with Gasteiger partial charge in [0.05, 0.1) is 6.54 Å². The third-order valence-electron chi connectivity index (χ3n) is 4.27. The molecule has 1 heterocycles. The molecule has 164 valence electrons. The van der Waals surface area contributed by atoms with Crippen LogP contribution < -0.4 is 10.6 Å². The van der Waals surface area contributed by atoms with Crippen molar-refractivity contribution in [3.63, 3.8) is 0 Å². The summed E-state index contributed by atoms with van der Waals surface area (Å²) < 4.78 is 15.4. The lowest BCUT2D eigenvalue weighted by atomic mass is 10.2. The molecule has 0 saturated heterocycles. The van der Waals surface area contributed by atoms with E-state index in [1.807, 2.05) is 30.3 Å². The maximum Gasteiger partial charge on any atom is 0.318 e. The van der Waals surface area contributed by atoms with Crippen molar-refractivity contribution in [2.75, 3.05) is 40.5 Å². The van der Waals surface area contributed by atoms with Crippen LogP contribution in [0.25, 0.3) is 0 Å². The van der Waals surface area contributed by atoms with Crippen LogP contribution in [0.2, 0.25) is 0 Å². The number of oxazole rings is 1. The van der Waals surface area contributed by atoms with Gasteiger partial charge in [0.1, 0.15) is 6.26 Å². The molecule has 0 saturated carbocycles. The number of amides is 3. The van der Waals surface area contributed by atoms with E-state index in [2.05, 4.69) is 15.6 Å². The Balaban J connectivity index is 1.92. The Kier molecular flexibility index (Phi) is 10.4. The maximum atomic E-state index is 12.7. The normalized spacial score (nSPS) is 10.6. The maximum absolute atomic E-state index is 12.7.